The summed E-state index contributed by atoms with van der Waals surface area (Å²) in [5.41, 5.74) is 1.00. The first kappa shape index (κ1) is 9.60. The van der Waals surface area contributed by atoms with Gasteiger partial charge in [-0.15, -0.1) is 0 Å². The molecule has 1 aromatic heterocycles. The molecule has 18 heavy (non-hydrogen) atoms. The van der Waals surface area contributed by atoms with Gasteiger partial charge in [-0.25, -0.2) is 0 Å². The van der Waals surface area contributed by atoms with Crippen LogP contribution in [0.2, 0.25) is 0 Å². The number of aromatic nitrogens is 1. The van der Waals surface area contributed by atoms with Crippen LogP contribution in [-0.2, 0) is 0 Å². The van der Waals surface area contributed by atoms with Crippen molar-refractivity contribution in [1.82, 2.24) is 4.98 Å². The monoisotopic (exact) mass is 228 g/mol. The van der Waals surface area contributed by atoms with E-state index in [0.717, 1.165) is 10.9 Å². The highest BCUT2D eigenvalue weighted by atomic mass is 14.6. The number of fused-ring (bicyclic) bond motifs is 4. The molecule has 0 atom stereocenters. The summed E-state index contributed by atoms with van der Waals surface area (Å²) in [5, 5.41) is 6.00. The fourth-order valence-corrected chi connectivity index (χ4v) is 2.47. The second kappa shape index (κ2) is 3.54. The van der Waals surface area contributed by atoms with Crippen LogP contribution in [0.5, 0.6) is 0 Å². The maximum Gasteiger partial charge on any atom is 0.0714 e. The van der Waals surface area contributed by atoms with Gasteiger partial charge in [0.1, 0.15) is 0 Å². The summed E-state index contributed by atoms with van der Waals surface area (Å²) in [6.45, 7) is 0. The number of rotatable bonds is 0. The van der Waals surface area contributed by atoms with E-state index in [9.17, 15) is 0 Å². The number of benzene rings is 3. The van der Waals surface area contributed by atoms with Gasteiger partial charge in [-0.3, -0.25) is 4.98 Å². The smallest absolute Gasteiger partial charge is 0.0714 e. The predicted molar refractivity (Wildman–Crippen MR) is 75.6 cm³/mol. The number of pyridine rings is 1. The Hall–Kier alpha value is -2.41. The largest absolute Gasteiger partial charge is 0.256 e. The van der Waals surface area contributed by atoms with E-state index in [2.05, 4.69) is 47.4 Å². The van der Waals surface area contributed by atoms with E-state index < -0.39 is 0 Å². The molecule has 0 N–H and O–H groups in total. The lowest BCUT2D eigenvalue weighted by Gasteiger charge is -2.05. The van der Waals surface area contributed by atoms with Gasteiger partial charge < -0.3 is 0 Å². The summed E-state index contributed by atoms with van der Waals surface area (Å²) in [5.74, 6) is 0. The standard InChI is InChI=1S/C17H10N/c1-2-6-13-10-16-14(9-12(13)5-1)11-18-17-8-4-3-7-15(16)17/h1-6,8-11H. The van der Waals surface area contributed by atoms with Gasteiger partial charge in [-0.1, -0.05) is 36.4 Å². The Morgan fingerprint density at radius 3 is 2.56 bits per heavy atom. The van der Waals surface area contributed by atoms with Crippen LogP contribution in [0.15, 0.2) is 60.8 Å². The summed E-state index contributed by atoms with van der Waals surface area (Å²) in [6, 6.07) is 22.1. The molecule has 1 heterocycles. The van der Waals surface area contributed by atoms with Crippen LogP contribution in [-0.4, -0.2) is 4.98 Å². The highest BCUT2D eigenvalue weighted by Crippen LogP contribution is 2.27. The number of hydrogen-bond acceptors (Lipinski definition) is 1. The molecule has 0 saturated carbocycles. The highest BCUT2D eigenvalue weighted by molar-refractivity contribution is 6.10. The Morgan fingerprint density at radius 2 is 1.67 bits per heavy atom. The van der Waals surface area contributed by atoms with E-state index >= 15 is 0 Å². The van der Waals surface area contributed by atoms with Gasteiger partial charge in [0, 0.05) is 17.0 Å². The van der Waals surface area contributed by atoms with E-state index in [-0.39, 0.29) is 0 Å². The molecule has 0 aliphatic rings. The average molecular weight is 228 g/mol. The van der Waals surface area contributed by atoms with E-state index in [4.69, 9.17) is 0 Å². The summed E-state index contributed by atoms with van der Waals surface area (Å²) in [7, 11) is 0. The van der Waals surface area contributed by atoms with Crippen LogP contribution in [0.4, 0.5) is 0 Å². The normalized spacial score (nSPS) is 11.3. The zero-order valence-electron chi connectivity index (χ0n) is 9.72. The molecule has 0 bridgehead atoms. The lowest BCUT2D eigenvalue weighted by Crippen LogP contribution is -1.82. The van der Waals surface area contributed by atoms with Crippen molar-refractivity contribution in [3.63, 3.8) is 0 Å². The minimum atomic E-state index is 1.00. The molecule has 83 valence electrons. The van der Waals surface area contributed by atoms with Crippen molar-refractivity contribution in [2.24, 2.45) is 0 Å². The summed E-state index contributed by atoms with van der Waals surface area (Å²) >= 11 is 0. The second-order valence-electron chi connectivity index (χ2n) is 4.48. The Kier molecular flexibility index (Phi) is 1.89. The van der Waals surface area contributed by atoms with Crippen molar-refractivity contribution < 1.29 is 0 Å². The third-order valence-electron chi connectivity index (χ3n) is 3.36. The van der Waals surface area contributed by atoms with Gasteiger partial charge >= 0.3 is 0 Å². The molecule has 0 aliphatic heterocycles. The minimum absolute atomic E-state index is 1.00. The third kappa shape index (κ3) is 1.31. The van der Waals surface area contributed by atoms with Crippen LogP contribution in [0.1, 0.15) is 0 Å². The fraction of sp³-hybridized carbons (Fsp3) is 0. The van der Waals surface area contributed by atoms with Gasteiger partial charge in [0.15, 0.2) is 0 Å². The van der Waals surface area contributed by atoms with Gasteiger partial charge in [-0.05, 0) is 40.4 Å². The molecule has 4 aromatic rings. The summed E-state index contributed by atoms with van der Waals surface area (Å²) < 4.78 is 0. The quantitative estimate of drug-likeness (QED) is 0.322. The Labute approximate surface area is 105 Å². The summed E-state index contributed by atoms with van der Waals surface area (Å²) in [6.07, 6.45) is 1.94. The van der Waals surface area contributed by atoms with Crippen LogP contribution >= 0.6 is 0 Å². The van der Waals surface area contributed by atoms with Crippen molar-refractivity contribution in [2.45, 2.75) is 0 Å². The zero-order valence-corrected chi connectivity index (χ0v) is 9.72. The molecule has 0 saturated heterocycles. The molecule has 1 heteroatoms. The van der Waals surface area contributed by atoms with Crippen molar-refractivity contribution in [2.75, 3.05) is 0 Å². The lowest BCUT2D eigenvalue weighted by molar-refractivity contribution is 1.45. The molecule has 4 rings (SSSR count). The summed E-state index contributed by atoms with van der Waals surface area (Å²) in [4.78, 5) is 4.48. The maximum atomic E-state index is 4.48. The van der Waals surface area contributed by atoms with E-state index in [0.29, 0.717) is 0 Å². The molecule has 3 aromatic carbocycles. The third-order valence-corrected chi connectivity index (χ3v) is 3.36. The van der Waals surface area contributed by atoms with Crippen LogP contribution in [0.3, 0.4) is 0 Å². The first-order valence-corrected chi connectivity index (χ1v) is 6.00. The number of nitrogens with zero attached hydrogens (tertiary/aromatic N) is 1. The SMILES string of the molecule is [c]1cccc2ncc3cc4ccccc4cc3c12. The fourth-order valence-electron chi connectivity index (χ4n) is 2.47. The van der Waals surface area contributed by atoms with Gasteiger partial charge in [0.25, 0.3) is 0 Å². The molecule has 1 radical (unpaired) electrons. The van der Waals surface area contributed by atoms with Crippen molar-refractivity contribution in [3.05, 3.63) is 66.9 Å². The highest BCUT2D eigenvalue weighted by Gasteiger charge is 2.03. The molecule has 1 nitrogen and oxygen atoms in total. The topological polar surface area (TPSA) is 12.9 Å². The van der Waals surface area contributed by atoms with Gasteiger partial charge in [0.05, 0.1) is 5.52 Å². The first-order chi connectivity index (χ1) is 8.92. The van der Waals surface area contributed by atoms with Crippen molar-refractivity contribution in [3.8, 4) is 0 Å². The van der Waals surface area contributed by atoms with E-state index in [1.807, 2.05) is 24.4 Å². The molecule has 0 unspecified atom stereocenters. The number of hydrogen-bond donors (Lipinski definition) is 0. The van der Waals surface area contributed by atoms with Gasteiger partial charge in [-0.2, -0.15) is 0 Å². The van der Waals surface area contributed by atoms with Crippen LogP contribution < -0.4 is 0 Å². The molecule has 0 spiro atoms. The molecule has 0 fully saturated rings. The van der Waals surface area contributed by atoms with Crippen LogP contribution in [0, 0.1) is 6.07 Å². The molecular formula is C17H10N. The van der Waals surface area contributed by atoms with Crippen LogP contribution in [0.25, 0.3) is 32.4 Å². The Morgan fingerprint density at radius 1 is 0.833 bits per heavy atom. The van der Waals surface area contributed by atoms with Gasteiger partial charge in [0.2, 0.25) is 0 Å². The Bertz CT molecular complexity index is 872. The van der Waals surface area contributed by atoms with Crippen molar-refractivity contribution in [1.29, 1.82) is 0 Å². The van der Waals surface area contributed by atoms with Crippen molar-refractivity contribution >= 4 is 32.4 Å². The zero-order chi connectivity index (χ0) is 11.9. The predicted octanol–water partition coefficient (Wildman–Crippen LogP) is 4.34. The Balaban J connectivity index is 2.27. The van der Waals surface area contributed by atoms with E-state index in [1.165, 1.54) is 21.5 Å². The second-order valence-corrected chi connectivity index (χ2v) is 4.48. The molecular weight excluding hydrogens is 218 g/mol. The average Bonchev–Trinajstić information content (AvgIpc) is 2.45. The molecule has 0 aliphatic carbocycles. The first-order valence-electron chi connectivity index (χ1n) is 6.00. The van der Waals surface area contributed by atoms with E-state index in [1.54, 1.807) is 0 Å². The minimum Gasteiger partial charge on any atom is -0.256 e. The maximum absolute atomic E-state index is 4.48. The molecule has 0 amide bonds. The lowest BCUT2D eigenvalue weighted by atomic mass is 10.0.